The second kappa shape index (κ2) is 6.56. The summed E-state index contributed by atoms with van der Waals surface area (Å²) in [6.45, 7) is 0.922. The molecular formula is C10H9F9O2. The standard InChI is InChI=1S/C10H9F9O2/c1-2-3-21-7(20)5(6(11)12)4-8(13,14)9(15,16)10(17,18)19/h2-4H2,1H3. The van der Waals surface area contributed by atoms with Gasteiger partial charge in [-0.25, -0.2) is 4.79 Å². The van der Waals surface area contributed by atoms with Crippen LogP contribution in [-0.2, 0) is 9.53 Å². The Bertz CT molecular complexity index is 407. The van der Waals surface area contributed by atoms with Gasteiger partial charge >= 0.3 is 24.0 Å². The van der Waals surface area contributed by atoms with Crippen molar-refractivity contribution in [1.29, 1.82) is 0 Å². The first-order chi connectivity index (χ1) is 9.28. The molecule has 0 saturated heterocycles. The number of esters is 1. The molecule has 0 radical (unpaired) electrons. The Hall–Kier alpha value is -1.42. The number of hydrogen-bond donors (Lipinski definition) is 0. The maximum absolute atomic E-state index is 12.9. The molecule has 0 amide bonds. The van der Waals surface area contributed by atoms with Crippen LogP contribution < -0.4 is 0 Å². The molecule has 0 aliphatic heterocycles. The van der Waals surface area contributed by atoms with Crippen LogP contribution in [0.2, 0.25) is 0 Å². The van der Waals surface area contributed by atoms with Crippen LogP contribution in [0, 0.1) is 0 Å². The SMILES string of the molecule is CCCOC(=O)C(CC(F)(F)C(F)(F)C(F)(F)F)=C(F)F. The molecule has 0 aromatic heterocycles. The van der Waals surface area contributed by atoms with Gasteiger partial charge in [0.2, 0.25) is 0 Å². The van der Waals surface area contributed by atoms with Crippen LogP contribution in [0.25, 0.3) is 0 Å². The van der Waals surface area contributed by atoms with Crippen LogP contribution in [0.3, 0.4) is 0 Å². The monoisotopic (exact) mass is 332 g/mol. The Morgan fingerprint density at radius 1 is 1.00 bits per heavy atom. The molecule has 0 rings (SSSR count). The zero-order valence-corrected chi connectivity index (χ0v) is 10.3. The molecule has 0 heterocycles. The summed E-state index contributed by atoms with van der Waals surface area (Å²) in [5, 5.41) is 0. The first kappa shape index (κ1) is 19.6. The Labute approximate surface area is 112 Å². The van der Waals surface area contributed by atoms with E-state index in [-0.39, 0.29) is 6.42 Å². The summed E-state index contributed by atoms with van der Waals surface area (Å²) in [6, 6.07) is 0. The van der Waals surface area contributed by atoms with Gasteiger partial charge in [0.1, 0.15) is 5.57 Å². The number of alkyl halides is 7. The second-order valence-corrected chi connectivity index (χ2v) is 3.83. The fourth-order valence-corrected chi connectivity index (χ4v) is 1.04. The molecule has 2 nitrogen and oxygen atoms in total. The topological polar surface area (TPSA) is 26.3 Å². The van der Waals surface area contributed by atoms with Crippen molar-refractivity contribution in [3.05, 3.63) is 11.7 Å². The van der Waals surface area contributed by atoms with Gasteiger partial charge < -0.3 is 4.74 Å². The minimum absolute atomic E-state index is 0.0992. The lowest BCUT2D eigenvalue weighted by Gasteiger charge is -2.28. The molecule has 0 unspecified atom stereocenters. The van der Waals surface area contributed by atoms with Gasteiger partial charge in [-0.3, -0.25) is 0 Å². The average molecular weight is 332 g/mol. The summed E-state index contributed by atoms with van der Waals surface area (Å²) < 4.78 is 115. The summed E-state index contributed by atoms with van der Waals surface area (Å²) in [7, 11) is 0. The van der Waals surface area contributed by atoms with Gasteiger partial charge in [-0.05, 0) is 6.42 Å². The summed E-state index contributed by atoms with van der Waals surface area (Å²) in [5.41, 5.74) is -2.22. The van der Waals surface area contributed by atoms with Crippen LogP contribution in [0.4, 0.5) is 39.5 Å². The Morgan fingerprint density at radius 3 is 1.81 bits per heavy atom. The van der Waals surface area contributed by atoms with Crippen molar-refractivity contribution in [2.75, 3.05) is 6.61 Å². The summed E-state index contributed by atoms with van der Waals surface area (Å²) in [4.78, 5) is 11.0. The number of carbonyl (C=O) groups is 1. The Morgan fingerprint density at radius 2 is 1.48 bits per heavy atom. The van der Waals surface area contributed by atoms with E-state index in [1.54, 1.807) is 0 Å². The molecule has 21 heavy (non-hydrogen) atoms. The largest absolute Gasteiger partial charge is 0.462 e. The minimum Gasteiger partial charge on any atom is -0.462 e. The zero-order valence-electron chi connectivity index (χ0n) is 10.3. The van der Waals surface area contributed by atoms with E-state index < -0.39 is 48.7 Å². The average Bonchev–Trinajstić information content (AvgIpc) is 2.31. The number of ether oxygens (including phenoxy) is 1. The predicted octanol–water partition coefficient (Wildman–Crippen LogP) is 4.31. The van der Waals surface area contributed by atoms with Crippen LogP contribution in [0.5, 0.6) is 0 Å². The van der Waals surface area contributed by atoms with Crippen molar-refractivity contribution < 1.29 is 49.0 Å². The fourth-order valence-electron chi connectivity index (χ4n) is 1.04. The van der Waals surface area contributed by atoms with Gasteiger partial charge in [0, 0.05) is 0 Å². The molecule has 0 saturated carbocycles. The van der Waals surface area contributed by atoms with Crippen molar-refractivity contribution in [2.24, 2.45) is 0 Å². The Kier molecular flexibility index (Phi) is 6.12. The number of halogens is 9. The normalized spacial score (nSPS) is 13.0. The first-order valence-corrected chi connectivity index (χ1v) is 5.31. The van der Waals surface area contributed by atoms with Crippen LogP contribution >= 0.6 is 0 Å². The van der Waals surface area contributed by atoms with Crippen molar-refractivity contribution in [2.45, 2.75) is 37.8 Å². The lowest BCUT2D eigenvalue weighted by molar-refractivity contribution is -0.354. The quantitative estimate of drug-likeness (QED) is 0.411. The molecule has 0 spiro atoms. The first-order valence-electron chi connectivity index (χ1n) is 5.31. The van der Waals surface area contributed by atoms with Gasteiger partial charge in [-0.15, -0.1) is 0 Å². The van der Waals surface area contributed by atoms with Crippen LogP contribution in [-0.4, -0.2) is 30.6 Å². The predicted molar refractivity (Wildman–Crippen MR) is 51.1 cm³/mol. The van der Waals surface area contributed by atoms with E-state index in [0.29, 0.717) is 0 Å². The molecule has 0 aliphatic rings. The fraction of sp³-hybridized carbons (Fsp3) is 0.700. The maximum Gasteiger partial charge on any atom is 0.459 e. The van der Waals surface area contributed by atoms with E-state index in [1.807, 2.05) is 0 Å². The minimum atomic E-state index is -6.66. The lowest BCUT2D eigenvalue weighted by Crippen LogP contribution is -2.52. The van der Waals surface area contributed by atoms with E-state index in [4.69, 9.17) is 0 Å². The van der Waals surface area contributed by atoms with E-state index in [2.05, 4.69) is 4.74 Å². The van der Waals surface area contributed by atoms with Crippen molar-refractivity contribution in [3.8, 4) is 0 Å². The van der Waals surface area contributed by atoms with Gasteiger partial charge in [-0.1, -0.05) is 6.92 Å². The molecule has 0 aromatic rings. The molecular weight excluding hydrogens is 323 g/mol. The van der Waals surface area contributed by atoms with E-state index >= 15 is 0 Å². The molecule has 0 fully saturated rings. The molecule has 0 aliphatic carbocycles. The van der Waals surface area contributed by atoms with E-state index in [1.165, 1.54) is 6.92 Å². The van der Waals surface area contributed by atoms with Crippen LogP contribution in [0.1, 0.15) is 19.8 Å². The number of rotatable bonds is 6. The van der Waals surface area contributed by atoms with E-state index in [9.17, 15) is 44.3 Å². The van der Waals surface area contributed by atoms with Gasteiger partial charge in [0.05, 0.1) is 13.0 Å². The number of hydrogen-bond acceptors (Lipinski definition) is 2. The third-order valence-corrected chi connectivity index (χ3v) is 2.13. The van der Waals surface area contributed by atoms with Crippen molar-refractivity contribution in [1.82, 2.24) is 0 Å². The van der Waals surface area contributed by atoms with Gasteiger partial charge in [0.15, 0.2) is 0 Å². The highest BCUT2D eigenvalue weighted by molar-refractivity contribution is 5.88. The highest BCUT2D eigenvalue weighted by atomic mass is 19.4. The molecule has 0 aromatic carbocycles. The van der Waals surface area contributed by atoms with Crippen molar-refractivity contribution in [3.63, 3.8) is 0 Å². The molecule has 11 heteroatoms. The summed E-state index contributed by atoms with van der Waals surface area (Å²) >= 11 is 0. The van der Waals surface area contributed by atoms with Gasteiger partial charge in [-0.2, -0.15) is 39.5 Å². The Balaban J connectivity index is 5.38. The van der Waals surface area contributed by atoms with Crippen LogP contribution in [0.15, 0.2) is 11.7 Å². The summed E-state index contributed by atoms with van der Waals surface area (Å²) in [6.07, 6.45) is -12.5. The highest BCUT2D eigenvalue weighted by Gasteiger charge is 2.73. The molecule has 0 N–H and O–H groups in total. The molecule has 0 atom stereocenters. The maximum atomic E-state index is 12.9. The number of carbonyl (C=O) groups excluding carboxylic acids is 1. The smallest absolute Gasteiger partial charge is 0.459 e. The zero-order chi connectivity index (χ0) is 17.1. The highest BCUT2D eigenvalue weighted by Crippen LogP contribution is 2.49. The summed E-state index contributed by atoms with van der Waals surface area (Å²) in [5.74, 6) is -14.6. The third-order valence-electron chi connectivity index (χ3n) is 2.13. The lowest BCUT2D eigenvalue weighted by atomic mass is 10.0. The van der Waals surface area contributed by atoms with Gasteiger partial charge in [0.25, 0.3) is 6.08 Å². The third kappa shape index (κ3) is 4.53. The second-order valence-electron chi connectivity index (χ2n) is 3.83. The molecule has 124 valence electrons. The molecule has 0 bridgehead atoms. The van der Waals surface area contributed by atoms with E-state index in [0.717, 1.165) is 0 Å². The van der Waals surface area contributed by atoms with Crippen molar-refractivity contribution >= 4 is 5.97 Å².